The maximum Gasteiger partial charge on any atom is 0.344 e. The van der Waals surface area contributed by atoms with Crippen LogP contribution in [0.15, 0.2) is 52.3 Å². The summed E-state index contributed by atoms with van der Waals surface area (Å²) < 4.78 is 11.3. The second kappa shape index (κ2) is 9.67. The van der Waals surface area contributed by atoms with Gasteiger partial charge in [-0.05, 0) is 49.2 Å². The molecule has 0 radical (unpaired) electrons. The molecule has 3 aromatic rings. The van der Waals surface area contributed by atoms with E-state index in [1.807, 2.05) is 55.6 Å². The Balaban J connectivity index is 1.45. The summed E-state index contributed by atoms with van der Waals surface area (Å²) in [7, 11) is 0. The molecule has 29 heavy (non-hydrogen) atoms. The van der Waals surface area contributed by atoms with Crippen LogP contribution in [0.3, 0.4) is 0 Å². The Labute approximate surface area is 181 Å². The number of amides is 1. The molecule has 2 aromatic carbocycles. The van der Waals surface area contributed by atoms with Gasteiger partial charge in [-0.1, -0.05) is 34.1 Å². The van der Waals surface area contributed by atoms with Crippen LogP contribution in [0.5, 0.6) is 5.75 Å². The van der Waals surface area contributed by atoms with Crippen molar-refractivity contribution in [2.24, 2.45) is 0 Å². The van der Waals surface area contributed by atoms with Crippen LogP contribution in [0.2, 0.25) is 0 Å². The Bertz CT molecular complexity index is 1040. The third-order valence-corrected chi connectivity index (χ3v) is 5.32. The summed E-state index contributed by atoms with van der Waals surface area (Å²) in [5.74, 6) is -0.496. The SMILES string of the molecule is Cc1ccc(OCC(=O)OCC(=O)Nc2nc(-c3cccc(Br)c3)cs2)cc1C. The predicted octanol–water partition coefficient (Wildman–Crippen LogP) is 4.75. The van der Waals surface area contributed by atoms with E-state index in [-0.39, 0.29) is 6.61 Å². The van der Waals surface area contributed by atoms with Gasteiger partial charge >= 0.3 is 5.97 Å². The largest absolute Gasteiger partial charge is 0.482 e. The Morgan fingerprint density at radius 1 is 1.10 bits per heavy atom. The van der Waals surface area contributed by atoms with Gasteiger partial charge in [-0.2, -0.15) is 0 Å². The van der Waals surface area contributed by atoms with Crippen molar-refractivity contribution in [2.45, 2.75) is 13.8 Å². The zero-order valence-corrected chi connectivity index (χ0v) is 18.3. The number of anilines is 1. The van der Waals surface area contributed by atoms with Crippen LogP contribution < -0.4 is 10.1 Å². The molecule has 0 fully saturated rings. The van der Waals surface area contributed by atoms with Gasteiger partial charge in [-0.15, -0.1) is 11.3 Å². The van der Waals surface area contributed by atoms with Gasteiger partial charge < -0.3 is 9.47 Å². The fraction of sp³-hybridized carbons (Fsp3) is 0.190. The van der Waals surface area contributed by atoms with Crippen LogP contribution in [0.1, 0.15) is 11.1 Å². The summed E-state index contributed by atoms with van der Waals surface area (Å²) in [4.78, 5) is 28.2. The predicted molar refractivity (Wildman–Crippen MR) is 116 cm³/mol. The number of nitrogens with one attached hydrogen (secondary N) is 1. The monoisotopic (exact) mass is 474 g/mol. The number of benzene rings is 2. The van der Waals surface area contributed by atoms with Crippen LogP contribution in [-0.2, 0) is 14.3 Å². The number of halogens is 1. The molecule has 0 aliphatic rings. The van der Waals surface area contributed by atoms with E-state index in [0.717, 1.165) is 26.9 Å². The van der Waals surface area contributed by atoms with E-state index in [1.54, 1.807) is 6.07 Å². The van der Waals surface area contributed by atoms with Gasteiger partial charge in [0.2, 0.25) is 0 Å². The highest BCUT2D eigenvalue weighted by atomic mass is 79.9. The second-order valence-corrected chi connectivity index (χ2v) is 8.07. The minimum Gasteiger partial charge on any atom is -0.482 e. The van der Waals surface area contributed by atoms with E-state index in [2.05, 4.69) is 26.2 Å². The molecule has 1 amide bonds. The van der Waals surface area contributed by atoms with Gasteiger partial charge in [0.25, 0.3) is 5.91 Å². The molecule has 150 valence electrons. The lowest BCUT2D eigenvalue weighted by atomic mass is 10.1. The number of carbonyl (C=O) groups is 2. The van der Waals surface area contributed by atoms with Crippen molar-refractivity contribution in [1.29, 1.82) is 0 Å². The van der Waals surface area contributed by atoms with Crippen molar-refractivity contribution in [3.63, 3.8) is 0 Å². The fourth-order valence-corrected chi connectivity index (χ4v) is 3.54. The molecule has 1 heterocycles. The van der Waals surface area contributed by atoms with Gasteiger partial charge in [-0.25, -0.2) is 9.78 Å². The molecular formula is C21H19BrN2O4S. The number of nitrogens with zero attached hydrogens (tertiary/aromatic N) is 1. The van der Waals surface area contributed by atoms with Crippen molar-refractivity contribution in [3.8, 4) is 17.0 Å². The second-order valence-electron chi connectivity index (χ2n) is 6.29. The highest BCUT2D eigenvalue weighted by molar-refractivity contribution is 9.10. The Morgan fingerprint density at radius 3 is 2.69 bits per heavy atom. The van der Waals surface area contributed by atoms with Gasteiger partial charge in [0.15, 0.2) is 18.3 Å². The molecule has 0 spiro atoms. The zero-order chi connectivity index (χ0) is 20.8. The van der Waals surface area contributed by atoms with Crippen LogP contribution in [-0.4, -0.2) is 30.1 Å². The topological polar surface area (TPSA) is 77.5 Å². The Kier molecular flexibility index (Phi) is 7.00. The van der Waals surface area contributed by atoms with Crippen molar-refractivity contribution >= 4 is 44.3 Å². The summed E-state index contributed by atoms with van der Waals surface area (Å²) in [6.07, 6.45) is 0. The summed E-state index contributed by atoms with van der Waals surface area (Å²) in [5, 5.41) is 4.91. The van der Waals surface area contributed by atoms with E-state index in [4.69, 9.17) is 9.47 Å². The lowest BCUT2D eigenvalue weighted by molar-refractivity contribution is -0.149. The number of ether oxygens (including phenoxy) is 2. The molecule has 0 unspecified atom stereocenters. The first-order chi connectivity index (χ1) is 13.9. The maximum atomic E-state index is 12.0. The summed E-state index contributed by atoms with van der Waals surface area (Å²) in [6, 6.07) is 13.3. The number of hydrogen-bond donors (Lipinski definition) is 1. The number of aryl methyl sites for hydroxylation is 2. The molecule has 1 aromatic heterocycles. The van der Waals surface area contributed by atoms with Crippen LogP contribution in [0.4, 0.5) is 5.13 Å². The molecule has 0 aliphatic heterocycles. The first-order valence-corrected chi connectivity index (χ1v) is 10.4. The van der Waals surface area contributed by atoms with Crippen molar-refractivity contribution in [2.75, 3.05) is 18.5 Å². The quantitative estimate of drug-likeness (QED) is 0.499. The highest BCUT2D eigenvalue weighted by Gasteiger charge is 2.12. The van der Waals surface area contributed by atoms with Crippen molar-refractivity contribution in [1.82, 2.24) is 4.98 Å². The summed E-state index contributed by atoms with van der Waals surface area (Å²) >= 11 is 4.72. The van der Waals surface area contributed by atoms with E-state index in [9.17, 15) is 9.59 Å². The van der Waals surface area contributed by atoms with Crippen LogP contribution >= 0.6 is 27.3 Å². The third kappa shape index (κ3) is 6.13. The van der Waals surface area contributed by atoms with E-state index in [1.165, 1.54) is 11.3 Å². The standard InChI is InChI=1S/C21H19BrN2O4S/c1-13-6-7-17(8-14(13)2)27-11-20(26)28-10-19(25)24-21-23-18(12-29-21)15-4-3-5-16(22)9-15/h3-9,12H,10-11H2,1-2H3,(H,23,24,25). The summed E-state index contributed by atoms with van der Waals surface area (Å²) in [5.41, 5.74) is 3.90. The van der Waals surface area contributed by atoms with Crippen molar-refractivity contribution in [3.05, 3.63) is 63.4 Å². The number of hydrogen-bond acceptors (Lipinski definition) is 6. The molecule has 0 saturated heterocycles. The summed E-state index contributed by atoms with van der Waals surface area (Å²) in [6.45, 7) is 3.29. The Hall–Kier alpha value is -2.71. The van der Waals surface area contributed by atoms with Gasteiger partial charge in [0.1, 0.15) is 5.75 Å². The number of thiazole rings is 1. The molecule has 8 heteroatoms. The van der Waals surface area contributed by atoms with E-state index >= 15 is 0 Å². The van der Waals surface area contributed by atoms with Crippen molar-refractivity contribution < 1.29 is 19.1 Å². The zero-order valence-electron chi connectivity index (χ0n) is 15.9. The normalized spacial score (nSPS) is 10.4. The fourth-order valence-electron chi connectivity index (χ4n) is 2.40. The van der Waals surface area contributed by atoms with Gasteiger partial charge in [0, 0.05) is 15.4 Å². The van der Waals surface area contributed by atoms with E-state index < -0.39 is 18.5 Å². The van der Waals surface area contributed by atoms with E-state index in [0.29, 0.717) is 10.9 Å². The number of esters is 1. The number of rotatable bonds is 7. The number of aromatic nitrogens is 1. The lowest BCUT2D eigenvalue weighted by Crippen LogP contribution is -2.23. The van der Waals surface area contributed by atoms with Gasteiger partial charge in [-0.3, -0.25) is 10.1 Å². The Morgan fingerprint density at radius 2 is 1.93 bits per heavy atom. The molecule has 1 N–H and O–H groups in total. The van der Waals surface area contributed by atoms with Gasteiger partial charge in [0.05, 0.1) is 5.69 Å². The molecular weight excluding hydrogens is 456 g/mol. The highest BCUT2D eigenvalue weighted by Crippen LogP contribution is 2.26. The average molecular weight is 475 g/mol. The minimum absolute atomic E-state index is 0.264. The van der Waals surface area contributed by atoms with Crippen LogP contribution in [0.25, 0.3) is 11.3 Å². The molecule has 3 rings (SSSR count). The molecule has 0 atom stereocenters. The molecule has 0 aliphatic carbocycles. The minimum atomic E-state index is -0.618. The molecule has 0 bridgehead atoms. The smallest absolute Gasteiger partial charge is 0.344 e. The number of carbonyl (C=O) groups excluding carboxylic acids is 2. The first kappa shape index (κ1) is 21.0. The molecule has 0 saturated carbocycles. The third-order valence-electron chi connectivity index (χ3n) is 4.07. The molecule has 6 nitrogen and oxygen atoms in total. The average Bonchev–Trinajstić information content (AvgIpc) is 3.16. The van der Waals surface area contributed by atoms with Crippen LogP contribution in [0, 0.1) is 13.8 Å². The lowest BCUT2D eigenvalue weighted by Gasteiger charge is -2.08. The maximum absolute atomic E-state index is 12.0. The first-order valence-electron chi connectivity index (χ1n) is 8.78.